The molecule has 0 radical (unpaired) electrons. The number of aryl methyl sites for hydroxylation is 2. The van der Waals surface area contributed by atoms with E-state index in [4.69, 9.17) is 4.52 Å². The van der Waals surface area contributed by atoms with Crippen LogP contribution in [0.1, 0.15) is 56.2 Å². The standard InChI is InChI=1S/C17H25N5O2/c1-4-13(17(23)20-16-9-11(3)24-21-16)19-14-7-6-8-15-12(14)10-18-22(15)5-2/h9-10,13-14,19H,4-8H2,1-3H3,(H,20,21,23). The highest BCUT2D eigenvalue weighted by Crippen LogP contribution is 2.30. The van der Waals surface area contributed by atoms with E-state index in [1.54, 1.807) is 13.0 Å². The summed E-state index contributed by atoms with van der Waals surface area (Å²) in [6.07, 6.45) is 5.84. The average molecular weight is 331 g/mol. The van der Waals surface area contributed by atoms with E-state index in [0.29, 0.717) is 18.0 Å². The molecule has 1 amide bonds. The topological polar surface area (TPSA) is 85.0 Å². The van der Waals surface area contributed by atoms with E-state index in [1.807, 2.05) is 13.1 Å². The van der Waals surface area contributed by atoms with Gasteiger partial charge in [-0.05, 0) is 39.5 Å². The molecule has 0 spiro atoms. The number of fused-ring (bicyclic) bond motifs is 1. The largest absolute Gasteiger partial charge is 0.360 e. The SMILES string of the molecule is CCC(NC1CCCc2c1cnn2CC)C(=O)Nc1cc(C)on1. The zero-order chi connectivity index (χ0) is 17.1. The Hall–Kier alpha value is -2.15. The summed E-state index contributed by atoms with van der Waals surface area (Å²) in [5, 5.41) is 14.6. The van der Waals surface area contributed by atoms with E-state index < -0.39 is 0 Å². The first kappa shape index (κ1) is 16.7. The number of anilines is 1. The van der Waals surface area contributed by atoms with E-state index in [-0.39, 0.29) is 18.0 Å². The number of carbonyl (C=O) groups is 1. The van der Waals surface area contributed by atoms with Crippen molar-refractivity contribution in [2.75, 3.05) is 5.32 Å². The minimum absolute atomic E-state index is 0.0826. The lowest BCUT2D eigenvalue weighted by Crippen LogP contribution is -2.42. The number of rotatable bonds is 6. The molecule has 0 saturated heterocycles. The van der Waals surface area contributed by atoms with Gasteiger partial charge in [0.05, 0.1) is 12.2 Å². The molecule has 2 N–H and O–H groups in total. The Balaban J connectivity index is 1.69. The van der Waals surface area contributed by atoms with E-state index in [0.717, 1.165) is 25.8 Å². The highest BCUT2D eigenvalue weighted by Gasteiger charge is 2.28. The normalized spacial score (nSPS) is 18.2. The van der Waals surface area contributed by atoms with Gasteiger partial charge in [0.25, 0.3) is 0 Å². The third-order valence-corrected chi connectivity index (χ3v) is 4.57. The number of nitrogens with one attached hydrogen (secondary N) is 2. The van der Waals surface area contributed by atoms with Crippen LogP contribution in [0.5, 0.6) is 0 Å². The maximum atomic E-state index is 12.5. The van der Waals surface area contributed by atoms with Gasteiger partial charge < -0.3 is 9.84 Å². The molecule has 2 heterocycles. The quantitative estimate of drug-likeness (QED) is 0.850. The molecule has 2 unspecified atom stereocenters. The zero-order valence-corrected chi connectivity index (χ0v) is 14.5. The van der Waals surface area contributed by atoms with E-state index >= 15 is 0 Å². The maximum Gasteiger partial charge on any atom is 0.242 e. The Morgan fingerprint density at radius 3 is 3.00 bits per heavy atom. The van der Waals surface area contributed by atoms with Gasteiger partial charge in [-0.2, -0.15) is 5.10 Å². The van der Waals surface area contributed by atoms with Gasteiger partial charge >= 0.3 is 0 Å². The first-order valence-electron chi connectivity index (χ1n) is 8.67. The predicted molar refractivity (Wildman–Crippen MR) is 90.7 cm³/mol. The monoisotopic (exact) mass is 331 g/mol. The van der Waals surface area contributed by atoms with Gasteiger partial charge in [-0.25, -0.2) is 0 Å². The van der Waals surface area contributed by atoms with Gasteiger partial charge in [-0.1, -0.05) is 12.1 Å². The van der Waals surface area contributed by atoms with Crippen molar-refractivity contribution in [3.8, 4) is 0 Å². The summed E-state index contributed by atoms with van der Waals surface area (Å²) in [5.41, 5.74) is 2.52. The van der Waals surface area contributed by atoms with Crippen LogP contribution in [0.15, 0.2) is 16.8 Å². The summed E-state index contributed by atoms with van der Waals surface area (Å²) in [5.74, 6) is 1.05. The Bertz CT molecular complexity index is 706. The van der Waals surface area contributed by atoms with Crippen molar-refractivity contribution in [2.45, 2.75) is 65.1 Å². The van der Waals surface area contributed by atoms with Gasteiger partial charge in [-0.15, -0.1) is 0 Å². The van der Waals surface area contributed by atoms with Crippen molar-refractivity contribution in [3.05, 3.63) is 29.3 Å². The van der Waals surface area contributed by atoms with Crippen molar-refractivity contribution in [1.82, 2.24) is 20.3 Å². The van der Waals surface area contributed by atoms with Crippen molar-refractivity contribution >= 4 is 11.7 Å². The van der Waals surface area contributed by atoms with Crippen LogP contribution in [0, 0.1) is 6.92 Å². The molecule has 24 heavy (non-hydrogen) atoms. The lowest BCUT2D eigenvalue weighted by Gasteiger charge is -2.28. The molecule has 0 aromatic carbocycles. The molecule has 0 fully saturated rings. The molecule has 2 atom stereocenters. The van der Waals surface area contributed by atoms with Crippen molar-refractivity contribution in [2.24, 2.45) is 0 Å². The van der Waals surface area contributed by atoms with Crippen LogP contribution < -0.4 is 10.6 Å². The zero-order valence-electron chi connectivity index (χ0n) is 14.5. The van der Waals surface area contributed by atoms with E-state index in [2.05, 4.69) is 32.5 Å². The molecule has 1 aliphatic carbocycles. The second-order valence-corrected chi connectivity index (χ2v) is 6.25. The summed E-state index contributed by atoms with van der Waals surface area (Å²) in [6.45, 7) is 6.79. The molecule has 1 aliphatic rings. The molecule has 0 bridgehead atoms. The molecule has 2 aromatic rings. The lowest BCUT2D eigenvalue weighted by atomic mass is 9.92. The lowest BCUT2D eigenvalue weighted by molar-refractivity contribution is -0.118. The highest BCUT2D eigenvalue weighted by molar-refractivity contribution is 5.94. The fourth-order valence-electron chi connectivity index (χ4n) is 3.32. The van der Waals surface area contributed by atoms with Gasteiger partial charge in [0.1, 0.15) is 5.76 Å². The highest BCUT2D eigenvalue weighted by atomic mass is 16.5. The number of carbonyl (C=O) groups excluding carboxylic acids is 1. The van der Waals surface area contributed by atoms with Crippen LogP contribution in [0.2, 0.25) is 0 Å². The Labute approximate surface area is 141 Å². The number of amides is 1. The van der Waals surface area contributed by atoms with Crippen molar-refractivity contribution < 1.29 is 9.32 Å². The van der Waals surface area contributed by atoms with Crippen LogP contribution in [-0.2, 0) is 17.8 Å². The first-order valence-corrected chi connectivity index (χ1v) is 8.67. The Kier molecular flexibility index (Phi) is 4.99. The minimum atomic E-state index is -0.275. The van der Waals surface area contributed by atoms with Crippen LogP contribution in [-0.4, -0.2) is 26.9 Å². The smallest absolute Gasteiger partial charge is 0.242 e. The predicted octanol–water partition coefficient (Wildman–Crippen LogP) is 2.58. The second kappa shape index (κ2) is 7.17. The van der Waals surface area contributed by atoms with Gasteiger partial charge in [0.2, 0.25) is 5.91 Å². The van der Waals surface area contributed by atoms with Gasteiger partial charge in [0.15, 0.2) is 5.82 Å². The summed E-state index contributed by atoms with van der Waals surface area (Å²) in [7, 11) is 0. The fourth-order valence-corrected chi connectivity index (χ4v) is 3.32. The summed E-state index contributed by atoms with van der Waals surface area (Å²) < 4.78 is 7.05. The van der Waals surface area contributed by atoms with Crippen molar-refractivity contribution in [3.63, 3.8) is 0 Å². The van der Waals surface area contributed by atoms with Crippen LogP contribution in [0.3, 0.4) is 0 Å². The van der Waals surface area contributed by atoms with Crippen LogP contribution >= 0.6 is 0 Å². The van der Waals surface area contributed by atoms with E-state index in [9.17, 15) is 4.79 Å². The number of nitrogens with zero attached hydrogens (tertiary/aromatic N) is 3. The molecule has 0 saturated carbocycles. The number of aromatic nitrogens is 3. The first-order chi connectivity index (χ1) is 11.6. The third-order valence-electron chi connectivity index (χ3n) is 4.57. The average Bonchev–Trinajstić information content (AvgIpc) is 3.18. The summed E-state index contributed by atoms with van der Waals surface area (Å²) in [4.78, 5) is 12.5. The van der Waals surface area contributed by atoms with Gasteiger partial charge in [-0.3, -0.25) is 14.8 Å². The molecule has 130 valence electrons. The molecular weight excluding hydrogens is 306 g/mol. The minimum Gasteiger partial charge on any atom is -0.360 e. The van der Waals surface area contributed by atoms with Crippen LogP contribution in [0.4, 0.5) is 5.82 Å². The molecule has 0 aliphatic heterocycles. The molecule has 7 heteroatoms. The number of hydrogen-bond acceptors (Lipinski definition) is 5. The third kappa shape index (κ3) is 3.36. The van der Waals surface area contributed by atoms with Gasteiger partial charge in [0, 0.05) is 29.9 Å². The molecular formula is C17H25N5O2. The molecule has 7 nitrogen and oxygen atoms in total. The van der Waals surface area contributed by atoms with Crippen LogP contribution in [0.25, 0.3) is 0 Å². The van der Waals surface area contributed by atoms with E-state index in [1.165, 1.54) is 11.3 Å². The maximum absolute atomic E-state index is 12.5. The Morgan fingerprint density at radius 1 is 1.50 bits per heavy atom. The number of hydrogen-bond donors (Lipinski definition) is 2. The fraction of sp³-hybridized carbons (Fsp3) is 0.588. The molecule has 2 aromatic heterocycles. The summed E-state index contributed by atoms with van der Waals surface area (Å²) in [6, 6.07) is 1.61. The second-order valence-electron chi connectivity index (χ2n) is 6.25. The summed E-state index contributed by atoms with van der Waals surface area (Å²) >= 11 is 0. The molecule has 3 rings (SSSR count). The van der Waals surface area contributed by atoms with Crippen molar-refractivity contribution in [1.29, 1.82) is 0 Å². The Morgan fingerprint density at radius 2 is 2.33 bits per heavy atom.